The van der Waals surface area contributed by atoms with Crippen LogP contribution in [0, 0.1) is 13.8 Å². The maximum atomic E-state index is 12.5. The van der Waals surface area contributed by atoms with Gasteiger partial charge in [-0.05, 0) is 69.3 Å². The number of halogens is 1. The van der Waals surface area contributed by atoms with Crippen molar-refractivity contribution in [3.63, 3.8) is 0 Å². The third-order valence-corrected chi connectivity index (χ3v) is 4.47. The zero-order valence-corrected chi connectivity index (χ0v) is 17.5. The summed E-state index contributed by atoms with van der Waals surface area (Å²) in [6.45, 7) is 6.94. The molecule has 0 aliphatic carbocycles. The van der Waals surface area contributed by atoms with Gasteiger partial charge in [0.15, 0.2) is 5.75 Å². The molecule has 2 aromatic carbocycles. The van der Waals surface area contributed by atoms with Gasteiger partial charge < -0.3 is 14.8 Å². The fourth-order valence-electron chi connectivity index (χ4n) is 2.91. The van der Waals surface area contributed by atoms with Crippen LogP contribution in [0.1, 0.15) is 24.7 Å². The second kappa shape index (κ2) is 9.47. The molecule has 0 aliphatic heterocycles. The van der Waals surface area contributed by atoms with Crippen LogP contribution in [0.25, 0.3) is 0 Å². The molecule has 0 saturated heterocycles. The van der Waals surface area contributed by atoms with E-state index in [0.29, 0.717) is 35.4 Å². The summed E-state index contributed by atoms with van der Waals surface area (Å²) >= 11 is 6.12. The molecule has 1 heterocycles. The minimum atomic E-state index is -0.142. The SMILES string of the molecule is CCOc1ccc(Oc2ccc(Cl)cc2NC(=O)CCn2nc(C)cc2C)cc1. The summed E-state index contributed by atoms with van der Waals surface area (Å²) in [5, 5.41) is 7.78. The number of hydrogen-bond donors (Lipinski definition) is 1. The molecule has 0 spiro atoms. The smallest absolute Gasteiger partial charge is 0.226 e. The highest BCUT2D eigenvalue weighted by atomic mass is 35.5. The van der Waals surface area contributed by atoms with E-state index in [1.807, 2.05) is 55.8 Å². The minimum absolute atomic E-state index is 0.142. The van der Waals surface area contributed by atoms with Gasteiger partial charge in [-0.25, -0.2) is 0 Å². The highest BCUT2D eigenvalue weighted by Crippen LogP contribution is 2.33. The number of nitrogens with zero attached hydrogens (tertiary/aromatic N) is 2. The summed E-state index contributed by atoms with van der Waals surface area (Å²) in [7, 11) is 0. The van der Waals surface area contributed by atoms with Crippen LogP contribution in [-0.2, 0) is 11.3 Å². The molecule has 0 aliphatic rings. The van der Waals surface area contributed by atoms with E-state index in [1.54, 1.807) is 18.2 Å². The number of aryl methyl sites for hydroxylation is 3. The first-order chi connectivity index (χ1) is 13.9. The monoisotopic (exact) mass is 413 g/mol. The highest BCUT2D eigenvalue weighted by Gasteiger charge is 2.11. The number of anilines is 1. The molecular weight excluding hydrogens is 390 g/mol. The summed E-state index contributed by atoms with van der Waals surface area (Å²) in [4.78, 5) is 12.5. The Morgan fingerprint density at radius 2 is 1.83 bits per heavy atom. The Morgan fingerprint density at radius 3 is 2.48 bits per heavy atom. The predicted octanol–water partition coefficient (Wildman–Crippen LogP) is 5.37. The maximum absolute atomic E-state index is 12.5. The highest BCUT2D eigenvalue weighted by molar-refractivity contribution is 6.31. The zero-order chi connectivity index (χ0) is 20.8. The van der Waals surface area contributed by atoms with Gasteiger partial charge in [0.1, 0.15) is 11.5 Å². The van der Waals surface area contributed by atoms with Crippen molar-refractivity contribution >= 4 is 23.2 Å². The first-order valence-corrected chi connectivity index (χ1v) is 9.83. The number of nitrogens with one attached hydrogen (secondary N) is 1. The fourth-order valence-corrected chi connectivity index (χ4v) is 3.08. The van der Waals surface area contributed by atoms with Crippen molar-refractivity contribution in [3.05, 3.63) is 64.9 Å². The standard InChI is InChI=1S/C22H24ClN3O3/c1-4-28-18-6-8-19(9-7-18)29-21-10-5-17(23)14-20(21)24-22(27)11-12-26-16(3)13-15(2)25-26/h5-10,13-14H,4,11-12H2,1-3H3,(H,24,27). The van der Waals surface area contributed by atoms with Gasteiger partial charge in [0.25, 0.3) is 0 Å². The molecule has 0 bridgehead atoms. The van der Waals surface area contributed by atoms with E-state index in [4.69, 9.17) is 21.1 Å². The molecule has 0 fully saturated rings. The number of amides is 1. The minimum Gasteiger partial charge on any atom is -0.494 e. The molecule has 6 nitrogen and oxygen atoms in total. The molecule has 3 rings (SSSR count). The van der Waals surface area contributed by atoms with Gasteiger partial charge in [-0.15, -0.1) is 0 Å². The van der Waals surface area contributed by atoms with Crippen molar-refractivity contribution < 1.29 is 14.3 Å². The molecule has 0 radical (unpaired) electrons. The van der Waals surface area contributed by atoms with E-state index < -0.39 is 0 Å². The lowest BCUT2D eigenvalue weighted by atomic mass is 10.2. The van der Waals surface area contributed by atoms with Crippen LogP contribution in [0.2, 0.25) is 5.02 Å². The average molecular weight is 414 g/mol. The van der Waals surface area contributed by atoms with Crippen LogP contribution < -0.4 is 14.8 Å². The Kier molecular flexibility index (Phi) is 6.77. The zero-order valence-electron chi connectivity index (χ0n) is 16.7. The number of rotatable bonds is 8. The van der Waals surface area contributed by atoms with Crippen molar-refractivity contribution in [2.24, 2.45) is 0 Å². The third kappa shape index (κ3) is 5.74. The molecule has 1 N–H and O–H groups in total. The van der Waals surface area contributed by atoms with Crippen molar-refractivity contribution in [3.8, 4) is 17.2 Å². The van der Waals surface area contributed by atoms with Gasteiger partial charge in [0, 0.05) is 23.7 Å². The van der Waals surface area contributed by atoms with Crippen LogP contribution in [0.5, 0.6) is 17.2 Å². The van der Waals surface area contributed by atoms with E-state index in [1.165, 1.54) is 0 Å². The third-order valence-electron chi connectivity index (χ3n) is 4.23. The second-order valence-corrected chi connectivity index (χ2v) is 7.03. The Morgan fingerprint density at radius 1 is 1.10 bits per heavy atom. The molecule has 1 aromatic heterocycles. The Hall–Kier alpha value is -2.99. The van der Waals surface area contributed by atoms with Crippen molar-refractivity contribution in [1.82, 2.24) is 9.78 Å². The maximum Gasteiger partial charge on any atom is 0.226 e. The lowest BCUT2D eigenvalue weighted by molar-refractivity contribution is -0.116. The summed E-state index contributed by atoms with van der Waals surface area (Å²) in [6, 6.07) is 14.4. The van der Waals surface area contributed by atoms with E-state index in [2.05, 4.69) is 10.4 Å². The quantitative estimate of drug-likeness (QED) is 0.539. The molecule has 1 amide bonds. The molecule has 152 valence electrons. The van der Waals surface area contributed by atoms with E-state index >= 15 is 0 Å². The van der Waals surface area contributed by atoms with Crippen LogP contribution in [-0.4, -0.2) is 22.3 Å². The first kappa shape index (κ1) is 20.7. The van der Waals surface area contributed by atoms with Gasteiger partial charge in [-0.2, -0.15) is 5.10 Å². The second-order valence-electron chi connectivity index (χ2n) is 6.60. The average Bonchev–Trinajstić information content (AvgIpc) is 3.01. The Labute approximate surface area is 175 Å². The summed E-state index contributed by atoms with van der Waals surface area (Å²) < 4.78 is 13.2. The number of benzene rings is 2. The summed E-state index contributed by atoms with van der Waals surface area (Å²) in [6.07, 6.45) is 0.289. The topological polar surface area (TPSA) is 65.4 Å². The number of ether oxygens (including phenoxy) is 2. The van der Waals surface area contributed by atoms with Gasteiger partial charge in [0.05, 0.1) is 18.0 Å². The van der Waals surface area contributed by atoms with Gasteiger partial charge >= 0.3 is 0 Å². The number of aromatic nitrogens is 2. The van der Waals surface area contributed by atoms with Crippen molar-refractivity contribution in [2.75, 3.05) is 11.9 Å². The van der Waals surface area contributed by atoms with Crippen molar-refractivity contribution in [2.45, 2.75) is 33.7 Å². The van der Waals surface area contributed by atoms with E-state index in [-0.39, 0.29) is 12.3 Å². The van der Waals surface area contributed by atoms with Crippen LogP contribution >= 0.6 is 11.6 Å². The molecule has 29 heavy (non-hydrogen) atoms. The van der Waals surface area contributed by atoms with E-state index in [9.17, 15) is 4.79 Å². The van der Waals surface area contributed by atoms with Crippen LogP contribution in [0.3, 0.4) is 0 Å². The lowest BCUT2D eigenvalue weighted by Gasteiger charge is -2.13. The molecule has 0 saturated carbocycles. The summed E-state index contributed by atoms with van der Waals surface area (Å²) in [5.41, 5.74) is 2.48. The number of carbonyl (C=O) groups excluding carboxylic acids is 1. The summed E-state index contributed by atoms with van der Waals surface area (Å²) in [5.74, 6) is 1.77. The number of carbonyl (C=O) groups is 1. The molecule has 3 aromatic rings. The molecule has 7 heteroatoms. The molecule has 0 atom stereocenters. The van der Waals surface area contributed by atoms with Gasteiger partial charge in [-0.1, -0.05) is 11.6 Å². The van der Waals surface area contributed by atoms with Gasteiger partial charge in [0.2, 0.25) is 5.91 Å². The number of hydrogen-bond acceptors (Lipinski definition) is 4. The fraction of sp³-hybridized carbons (Fsp3) is 0.273. The molecular formula is C22H24ClN3O3. The molecule has 0 unspecified atom stereocenters. The normalized spacial score (nSPS) is 10.6. The largest absolute Gasteiger partial charge is 0.494 e. The van der Waals surface area contributed by atoms with E-state index in [0.717, 1.165) is 17.1 Å². The Balaban J connectivity index is 1.67. The predicted molar refractivity (Wildman–Crippen MR) is 114 cm³/mol. The first-order valence-electron chi connectivity index (χ1n) is 9.46. The van der Waals surface area contributed by atoms with Crippen molar-refractivity contribution in [1.29, 1.82) is 0 Å². The Bertz CT molecular complexity index is 983. The van der Waals surface area contributed by atoms with Crippen LogP contribution in [0.4, 0.5) is 5.69 Å². The van der Waals surface area contributed by atoms with Gasteiger partial charge in [-0.3, -0.25) is 9.48 Å². The lowest BCUT2D eigenvalue weighted by Crippen LogP contribution is -2.16. The van der Waals surface area contributed by atoms with Crippen LogP contribution in [0.15, 0.2) is 48.5 Å².